The van der Waals surface area contributed by atoms with Gasteiger partial charge in [-0.1, -0.05) is 159 Å². The fraction of sp³-hybridized carbons (Fsp3) is 0.0877. The molecule has 0 fully saturated rings. The van der Waals surface area contributed by atoms with Crippen molar-refractivity contribution in [1.29, 1.82) is 0 Å². The molecule has 0 spiro atoms. The third kappa shape index (κ3) is 4.99. The zero-order valence-electron chi connectivity index (χ0n) is 33.7. The Morgan fingerprint density at radius 2 is 1.17 bits per heavy atom. The molecular formula is C57H44N2. The molecular weight excluding hydrogens is 713 g/mol. The Bertz CT molecular complexity index is 3320. The maximum atomic E-state index is 2.55. The van der Waals surface area contributed by atoms with Crippen LogP contribution in [0.15, 0.2) is 188 Å². The summed E-state index contributed by atoms with van der Waals surface area (Å²) in [6.45, 7) is 6.06. The van der Waals surface area contributed by atoms with Gasteiger partial charge in [0.2, 0.25) is 0 Å². The molecule has 3 aliphatic rings. The first-order valence-electron chi connectivity index (χ1n) is 21.0. The van der Waals surface area contributed by atoms with E-state index in [1.807, 2.05) is 13.8 Å². The highest BCUT2D eigenvalue weighted by atomic mass is 15.0. The highest BCUT2D eigenvalue weighted by Gasteiger charge is 2.46. The Kier molecular flexibility index (Phi) is 8.16. The lowest BCUT2D eigenvalue weighted by Gasteiger charge is -2.34. The van der Waals surface area contributed by atoms with Crippen LogP contribution >= 0.6 is 0 Å². The first kappa shape index (κ1) is 35.0. The zero-order valence-corrected chi connectivity index (χ0v) is 33.7. The Hall–Kier alpha value is -7.16. The van der Waals surface area contributed by atoms with Gasteiger partial charge in [-0.25, -0.2) is 0 Å². The molecule has 7 aromatic carbocycles. The predicted octanol–water partition coefficient (Wildman–Crippen LogP) is 12.8. The molecule has 0 N–H and O–H groups in total. The molecule has 0 amide bonds. The maximum absolute atomic E-state index is 2.55. The van der Waals surface area contributed by atoms with Crippen molar-refractivity contribution in [2.24, 2.45) is 0 Å². The normalized spacial score (nSPS) is 14.3. The smallest absolute Gasteiger partial charge is 0.0714 e. The zero-order chi connectivity index (χ0) is 39.7. The maximum Gasteiger partial charge on any atom is 0.0714 e. The summed E-state index contributed by atoms with van der Waals surface area (Å²) in [5.41, 5.74) is 17.4. The second-order valence-corrected chi connectivity index (χ2v) is 15.6. The standard InChI is InChI=1S/C55H38N2.C2H6/c1-2-3-6-17-36-30-37-31-46-48-33-47-44-26-16-29-51(44)57(53(47)35-54(48)56(52(46)34-45(36)37)40-21-9-5-10-22-40)41-23-15-20-39(32-41)55(38-18-7-4-8-19-38)49-27-13-11-24-42(49)43-25-12-14-28-50(43)55;1-2/h2-28,30-35H,29H2,1H3;1-2H3/b3-2-,17-6-;. The van der Waals surface area contributed by atoms with E-state index in [9.17, 15) is 0 Å². The van der Waals surface area contributed by atoms with Crippen molar-refractivity contribution in [3.63, 3.8) is 0 Å². The van der Waals surface area contributed by atoms with Gasteiger partial charge in [-0.3, -0.25) is 0 Å². The average Bonchev–Trinajstić information content (AvgIpc) is 4.04. The molecule has 2 aromatic heterocycles. The molecule has 2 heterocycles. The fourth-order valence-corrected chi connectivity index (χ4v) is 10.3. The van der Waals surface area contributed by atoms with E-state index in [0.29, 0.717) is 0 Å². The Labute approximate surface area is 345 Å². The molecule has 0 radical (unpaired) electrons. The van der Waals surface area contributed by atoms with Crippen LogP contribution in [0, 0.1) is 0 Å². The molecule has 3 aliphatic carbocycles. The van der Waals surface area contributed by atoms with E-state index in [0.717, 1.165) is 6.42 Å². The van der Waals surface area contributed by atoms with E-state index in [2.05, 4.69) is 216 Å². The molecule has 0 saturated heterocycles. The summed E-state index contributed by atoms with van der Waals surface area (Å²) in [6.07, 6.45) is 16.4. The monoisotopic (exact) mass is 756 g/mol. The van der Waals surface area contributed by atoms with Gasteiger partial charge in [0.25, 0.3) is 0 Å². The van der Waals surface area contributed by atoms with E-state index >= 15 is 0 Å². The number of para-hydroxylation sites is 1. The number of fused-ring (bicyclic) bond motifs is 10. The summed E-state index contributed by atoms with van der Waals surface area (Å²) in [4.78, 5) is 0. The van der Waals surface area contributed by atoms with Crippen LogP contribution in [-0.4, -0.2) is 9.13 Å². The van der Waals surface area contributed by atoms with E-state index in [4.69, 9.17) is 0 Å². The van der Waals surface area contributed by atoms with Crippen molar-refractivity contribution >= 4 is 50.4 Å². The van der Waals surface area contributed by atoms with Crippen LogP contribution in [0.5, 0.6) is 0 Å². The minimum atomic E-state index is -0.460. The lowest BCUT2D eigenvalue weighted by Crippen LogP contribution is -2.33. The number of hydrogen-bond acceptors (Lipinski definition) is 0. The molecule has 0 unspecified atom stereocenters. The number of hydrogen-bond donors (Lipinski definition) is 0. The van der Waals surface area contributed by atoms with E-state index in [1.54, 1.807) is 0 Å². The molecule has 2 heteroatoms. The Morgan fingerprint density at radius 1 is 0.542 bits per heavy atom. The van der Waals surface area contributed by atoms with Crippen molar-refractivity contribution in [2.75, 3.05) is 0 Å². The number of aromatic nitrogens is 2. The quantitative estimate of drug-likeness (QED) is 0.150. The summed E-state index contributed by atoms with van der Waals surface area (Å²) in [5, 5.41) is 6.48. The molecule has 0 bridgehead atoms. The molecule has 2 nitrogen and oxygen atoms in total. The van der Waals surface area contributed by atoms with E-state index < -0.39 is 5.41 Å². The molecule has 0 atom stereocenters. The lowest BCUT2D eigenvalue weighted by molar-refractivity contribution is 0.766. The van der Waals surface area contributed by atoms with Crippen molar-refractivity contribution in [2.45, 2.75) is 32.6 Å². The SMILES string of the molecule is C/C=C\C=C/C1=c2cc3c(cc2=C1)c1cc2c4c(n(-c5cccc(C6(c7ccccc7)c7ccccc7-c7ccccc76)c5)c2cc1n3-c1ccccc1)CC=C4.CC. The largest absolute Gasteiger partial charge is 0.313 e. The fourth-order valence-electron chi connectivity index (χ4n) is 10.3. The van der Waals surface area contributed by atoms with Crippen LogP contribution in [0.4, 0.5) is 0 Å². The van der Waals surface area contributed by atoms with Gasteiger partial charge >= 0.3 is 0 Å². The van der Waals surface area contributed by atoms with Gasteiger partial charge in [0.05, 0.1) is 22.0 Å². The number of allylic oxidation sites excluding steroid dienone is 5. The Balaban J connectivity index is 0.00000196. The van der Waals surface area contributed by atoms with Gasteiger partial charge in [0.1, 0.15) is 0 Å². The molecule has 9 aromatic rings. The van der Waals surface area contributed by atoms with Crippen LogP contribution in [0.3, 0.4) is 0 Å². The minimum Gasteiger partial charge on any atom is -0.313 e. The van der Waals surface area contributed by atoms with Gasteiger partial charge in [-0.05, 0) is 111 Å². The van der Waals surface area contributed by atoms with Crippen molar-refractivity contribution < 1.29 is 0 Å². The second-order valence-electron chi connectivity index (χ2n) is 15.6. The first-order chi connectivity index (χ1) is 29.2. The third-order valence-electron chi connectivity index (χ3n) is 12.7. The predicted molar refractivity (Wildman–Crippen MR) is 250 cm³/mol. The summed E-state index contributed by atoms with van der Waals surface area (Å²) < 4.78 is 5.02. The third-order valence-corrected chi connectivity index (χ3v) is 12.7. The number of nitrogens with zero attached hydrogens (tertiary/aromatic N) is 2. The number of rotatable bonds is 6. The summed E-state index contributed by atoms with van der Waals surface area (Å²) >= 11 is 0. The van der Waals surface area contributed by atoms with E-state index in [-0.39, 0.29) is 0 Å². The highest BCUT2D eigenvalue weighted by molar-refractivity contribution is 6.15. The summed E-state index contributed by atoms with van der Waals surface area (Å²) in [6, 6.07) is 59.1. The van der Waals surface area contributed by atoms with Gasteiger partial charge in [0.15, 0.2) is 0 Å². The molecule has 0 aliphatic heterocycles. The highest BCUT2D eigenvalue weighted by Crippen LogP contribution is 2.56. The lowest BCUT2D eigenvalue weighted by atomic mass is 9.67. The van der Waals surface area contributed by atoms with Crippen molar-refractivity contribution in [1.82, 2.24) is 9.13 Å². The van der Waals surface area contributed by atoms with Crippen LogP contribution in [0.25, 0.3) is 72.9 Å². The average molecular weight is 757 g/mol. The molecule has 0 saturated carbocycles. The number of benzene rings is 7. The van der Waals surface area contributed by atoms with Crippen LogP contribution < -0.4 is 10.4 Å². The van der Waals surface area contributed by atoms with Crippen LogP contribution in [0.2, 0.25) is 0 Å². The summed E-state index contributed by atoms with van der Waals surface area (Å²) in [7, 11) is 0. The minimum absolute atomic E-state index is 0.460. The molecule has 282 valence electrons. The molecule has 59 heavy (non-hydrogen) atoms. The second kappa shape index (κ2) is 13.7. The Morgan fingerprint density at radius 3 is 1.92 bits per heavy atom. The summed E-state index contributed by atoms with van der Waals surface area (Å²) in [5.74, 6) is 0. The first-order valence-corrected chi connectivity index (χ1v) is 21.0. The van der Waals surface area contributed by atoms with Gasteiger partial charge in [-0.15, -0.1) is 0 Å². The van der Waals surface area contributed by atoms with Crippen molar-refractivity contribution in [3.05, 3.63) is 232 Å². The topological polar surface area (TPSA) is 9.86 Å². The van der Waals surface area contributed by atoms with Gasteiger partial charge in [-0.2, -0.15) is 0 Å². The van der Waals surface area contributed by atoms with Crippen LogP contribution in [-0.2, 0) is 11.8 Å². The van der Waals surface area contributed by atoms with Gasteiger partial charge in [0, 0.05) is 45.2 Å². The van der Waals surface area contributed by atoms with Crippen LogP contribution in [0.1, 0.15) is 54.3 Å². The van der Waals surface area contributed by atoms with Crippen molar-refractivity contribution in [3.8, 4) is 22.5 Å². The molecule has 12 rings (SSSR count). The van der Waals surface area contributed by atoms with E-state index in [1.165, 1.54) is 105 Å². The van der Waals surface area contributed by atoms with Gasteiger partial charge < -0.3 is 9.13 Å².